The van der Waals surface area contributed by atoms with Crippen molar-refractivity contribution in [3.05, 3.63) is 59.7 Å². The van der Waals surface area contributed by atoms with E-state index >= 15 is 0 Å². The van der Waals surface area contributed by atoms with Crippen LogP contribution in [0.3, 0.4) is 0 Å². The van der Waals surface area contributed by atoms with Crippen LogP contribution < -0.4 is 10.6 Å². The molecule has 20 heavy (non-hydrogen) atoms. The summed E-state index contributed by atoms with van der Waals surface area (Å²) < 4.78 is 0. The lowest BCUT2D eigenvalue weighted by Gasteiger charge is -2.10. The van der Waals surface area contributed by atoms with Gasteiger partial charge in [0.25, 0.3) is 0 Å². The Morgan fingerprint density at radius 3 is 2.40 bits per heavy atom. The Hall–Kier alpha value is -2.62. The quantitative estimate of drug-likeness (QED) is 0.831. The van der Waals surface area contributed by atoms with Crippen LogP contribution in [0.25, 0.3) is 0 Å². The van der Waals surface area contributed by atoms with E-state index in [0.29, 0.717) is 11.3 Å². The zero-order chi connectivity index (χ0) is 14.5. The Morgan fingerprint density at radius 2 is 1.70 bits per heavy atom. The largest absolute Gasteiger partial charge is 0.323 e. The van der Waals surface area contributed by atoms with Gasteiger partial charge in [0.2, 0.25) is 0 Å². The molecule has 0 unspecified atom stereocenters. The average molecular weight is 268 g/mol. The number of amides is 2. The number of carbonyl (C=O) groups excluding carboxylic acids is 2. The molecule has 4 heteroatoms. The van der Waals surface area contributed by atoms with Gasteiger partial charge in [-0.1, -0.05) is 30.3 Å². The van der Waals surface area contributed by atoms with Crippen molar-refractivity contribution in [3.63, 3.8) is 0 Å². The van der Waals surface area contributed by atoms with Crippen LogP contribution in [0, 0.1) is 6.92 Å². The third-order valence-electron chi connectivity index (χ3n) is 2.92. The first-order valence-corrected chi connectivity index (χ1v) is 6.31. The number of Topliss-reactive ketones (excluding diaryl/α,β-unsaturated/α-hetero) is 1. The van der Waals surface area contributed by atoms with E-state index in [1.807, 2.05) is 31.2 Å². The van der Waals surface area contributed by atoms with E-state index in [-0.39, 0.29) is 11.8 Å². The number of aryl methyl sites for hydroxylation is 1. The maximum absolute atomic E-state index is 11.9. The van der Waals surface area contributed by atoms with Crippen LogP contribution >= 0.6 is 0 Å². The lowest BCUT2D eigenvalue weighted by Crippen LogP contribution is -2.20. The molecule has 4 nitrogen and oxygen atoms in total. The Kier molecular flexibility index (Phi) is 4.15. The summed E-state index contributed by atoms with van der Waals surface area (Å²) in [6.45, 7) is 3.42. The molecule has 2 amide bonds. The van der Waals surface area contributed by atoms with Crippen LogP contribution in [0.15, 0.2) is 48.5 Å². The normalized spacial score (nSPS) is 9.90. The highest BCUT2D eigenvalue weighted by Gasteiger charge is 2.06. The number of anilines is 2. The summed E-state index contributed by atoms with van der Waals surface area (Å²) in [5, 5.41) is 5.48. The van der Waals surface area contributed by atoms with Crippen molar-refractivity contribution in [2.75, 3.05) is 10.6 Å². The third kappa shape index (κ3) is 3.45. The molecule has 0 bridgehead atoms. The van der Waals surface area contributed by atoms with E-state index in [2.05, 4.69) is 10.6 Å². The van der Waals surface area contributed by atoms with Crippen LogP contribution in [-0.2, 0) is 0 Å². The van der Waals surface area contributed by atoms with E-state index < -0.39 is 0 Å². The Labute approximate surface area is 117 Å². The first kappa shape index (κ1) is 13.8. The Balaban J connectivity index is 2.07. The minimum Gasteiger partial charge on any atom is -0.308 e. The Morgan fingerprint density at radius 1 is 0.950 bits per heavy atom. The van der Waals surface area contributed by atoms with Crippen molar-refractivity contribution in [1.29, 1.82) is 0 Å². The van der Waals surface area contributed by atoms with Gasteiger partial charge in [0.05, 0.1) is 0 Å². The number of rotatable bonds is 3. The van der Waals surface area contributed by atoms with Gasteiger partial charge in [-0.25, -0.2) is 4.79 Å². The zero-order valence-electron chi connectivity index (χ0n) is 11.4. The topological polar surface area (TPSA) is 58.2 Å². The number of carbonyl (C=O) groups is 2. The minimum absolute atomic E-state index is 0.0343. The molecule has 2 N–H and O–H groups in total. The van der Waals surface area contributed by atoms with Crippen LogP contribution in [0.4, 0.5) is 16.2 Å². The maximum atomic E-state index is 11.9. The fourth-order valence-electron chi connectivity index (χ4n) is 1.81. The molecular formula is C16H16N2O2. The Bertz CT molecular complexity index is 650. The number of nitrogens with one attached hydrogen (secondary N) is 2. The molecule has 0 saturated heterocycles. The zero-order valence-corrected chi connectivity index (χ0v) is 11.4. The van der Waals surface area contributed by atoms with Gasteiger partial charge in [0.1, 0.15) is 0 Å². The molecule has 0 saturated carbocycles. The summed E-state index contributed by atoms with van der Waals surface area (Å²) in [4.78, 5) is 23.2. The van der Waals surface area contributed by atoms with E-state index in [1.54, 1.807) is 24.3 Å². The smallest absolute Gasteiger partial charge is 0.308 e. The predicted molar refractivity (Wildman–Crippen MR) is 80.3 cm³/mol. The number of hydrogen-bond acceptors (Lipinski definition) is 2. The van der Waals surface area contributed by atoms with E-state index in [1.165, 1.54) is 6.92 Å². The van der Waals surface area contributed by atoms with Gasteiger partial charge in [0, 0.05) is 16.9 Å². The second kappa shape index (κ2) is 6.02. The SMILES string of the molecule is CC(=O)c1cccc(NC(=O)Nc2ccccc2C)c1. The van der Waals surface area contributed by atoms with Crippen molar-refractivity contribution in [2.45, 2.75) is 13.8 Å². The predicted octanol–water partition coefficient (Wildman–Crippen LogP) is 3.84. The molecule has 0 atom stereocenters. The maximum Gasteiger partial charge on any atom is 0.323 e. The van der Waals surface area contributed by atoms with E-state index in [0.717, 1.165) is 11.3 Å². The van der Waals surface area contributed by atoms with Gasteiger partial charge in [-0.15, -0.1) is 0 Å². The van der Waals surface area contributed by atoms with Crippen molar-refractivity contribution in [3.8, 4) is 0 Å². The molecule has 0 fully saturated rings. The highest BCUT2D eigenvalue weighted by molar-refractivity contribution is 6.01. The van der Waals surface area contributed by atoms with Crippen molar-refractivity contribution in [1.82, 2.24) is 0 Å². The highest BCUT2D eigenvalue weighted by atomic mass is 16.2. The molecule has 0 aliphatic carbocycles. The molecule has 2 rings (SSSR count). The summed E-state index contributed by atoms with van der Waals surface area (Å²) in [7, 11) is 0. The number of ketones is 1. The van der Waals surface area contributed by atoms with Gasteiger partial charge >= 0.3 is 6.03 Å². The summed E-state index contributed by atoms with van der Waals surface area (Å²) in [6.07, 6.45) is 0. The van der Waals surface area contributed by atoms with Gasteiger partial charge in [-0.2, -0.15) is 0 Å². The molecule has 0 aromatic heterocycles. The van der Waals surface area contributed by atoms with Crippen molar-refractivity contribution < 1.29 is 9.59 Å². The second-order valence-electron chi connectivity index (χ2n) is 4.53. The van der Waals surface area contributed by atoms with Crippen molar-refractivity contribution >= 4 is 23.2 Å². The molecule has 102 valence electrons. The number of hydrogen-bond donors (Lipinski definition) is 2. The van der Waals surface area contributed by atoms with Crippen LogP contribution in [0.2, 0.25) is 0 Å². The summed E-state index contributed by atoms with van der Waals surface area (Å²) in [5.41, 5.74) is 2.90. The molecule has 0 aliphatic rings. The number of para-hydroxylation sites is 1. The minimum atomic E-state index is -0.333. The highest BCUT2D eigenvalue weighted by Crippen LogP contribution is 2.15. The monoisotopic (exact) mass is 268 g/mol. The van der Waals surface area contributed by atoms with Gasteiger partial charge in [0.15, 0.2) is 5.78 Å². The molecule has 0 radical (unpaired) electrons. The van der Waals surface area contributed by atoms with Crippen LogP contribution in [0.5, 0.6) is 0 Å². The fraction of sp³-hybridized carbons (Fsp3) is 0.125. The van der Waals surface area contributed by atoms with Crippen LogP contribution in [-0.4, -0.2) is 11.8 Å². The lowest BCUT2D eigenvalue weighted by molar-refractivity contribution is 0.101. The molecule has 2 aromatic carbocycles. The average Bonchev–Trinajstić information content (AvgIpc) is 2.41. The first-order valence-electron chi connectivity index (χ1n) is 6.31. The summed E-state index contributed by atoms with van der Waals surface area (Å²) >= 11 is 0. The van der Waals surface area contributed by atoms with Gasteiger partial charge in [-0.05, 0) is 37.6 Å². The van der Waals surface area contributed by atoms with Gasteiger partial charge in [-0.3, -0.25) is 4.79 Å². The summed E-state index contributed by atoms with van der Waals surface area (Å²) in [5.74, 6) is -0.0343. The molecule has 2 aromatic rings. The molecular weight excluding hydrogens is 252 g/mol. The standard InChI is InChI=1S/C16H16N2O2/c1-11-6-3-4-9-15(11)18-16(20)17-14-8-5-7-13(10-14)12(2)19/h3-10H,1-2H3,(H2,17,18,20). The number of benzene rings is 2. The first-order chi connectivity index (χ1) is 9.56. The molecule has 0 spiro atoms. The van der Waals surface area contributed by atoms with E-state index in [4.69, 9.17) is 0 Å². The van der Waals surface area contributed by atoms with Crippen molar-refractivity contribution in [2.24, 2.45) is 0 Å². The molecule has 0 heterocycles. The third-order valence-corrected chi connectivity index (χ3v) is 2.92. The fourth-order valence-corrected chi connectivity index (χ4v) is 1.81. The molecule has 0 aliphatic heterocycles. The van der Waals surface area contributed by atoms with Gasteiger partial charge < -0.3 is 10.6 Å². The second-order valence-corrected chi connectivity index (χ2v) is 4.53. The number of urea groups is 1. The summed E-state index contributed by atoms with van der Waals surface area (Å²) in [6, 6.07) is 14.0. The van der Waals surface area contributed by atoms with Crippen LogP contribution in [0.1, 0.15) is 22.8 Å². The lowest BCUT2D eigenvalue weighted by atomic mass is 10.1. The van der Waals surface area contributed by atoms with E-state index in [9.17, 15) is 9.59 Å².